The molecule has 0 unspecified atom stereocenters. The summed E-state index contributed by atoms with van der Waals surface area (Å²) >= 11 is 0. The maximum atomic E-state index is 12.4. The number of imidazole rings is 1. The van der Waals surface area contributed by atoms with Crippen molar-refractivity contribution < 1.29 is 4.79 Å². The van der Waals surface area contributed by atoms with Crippen LogP contribution < -0.4 is 5.32 Å². The van der Waals surface area contributed by atoms with Gasteiger partial charge in [0.15, 0.2) is 0 Å². The molecule has 2 fully saturated rings. The van der Waals surface area contributed by atoms with Gasteiger partial charge in [0, 0.05) is 24.7 Å². The summed E-state index contributed by atoms with van der Waals surface area (Å²) in [5, 5.41) is 3.04. The smallest absolute Gasteiger partial charge is 0.251 e. The average Bonchev–Trinajstić information content (AvgIpc) is 3.34. The van der Waals surface area contributed by atoms with Crippen LogP contribution in [-0.2, 0) is 0 Å². The van der Waals surface area contributed by atoms with E-state index in [0.29, 0.717) is 18.2 Å². The molecule has 1 N–H and O–H groups in total. The van der Waals surface area contributed by atoms with Crippen LogP contribution >= 0.6 is 0 Å². The first-order chi connectivity index (χ1) is 11.8. The molecule has 1 saturated carbocycles. The molecule has 0 atom stereocenters. The molecule has 1 aromatic heterocycles. The first kappa shape index (κ1) is 15.6. The van der Waals surface area contributed by atoms with Crippen LogP contribution in [0.15, 0.2) is 24.5 Å². The third-order valence-electron chi connectivity index (χ3n) is 5.47. The van der Waals surface area contributed by atoms with Crippen molar-refractivity contribution in [2.24, 2.45) is 0 Å². The van der Waals surface area contributed by atoms with Gasteiger partial charge >= 0.3 is 0 Å². The number of aromatic nitrogens is 2. The summed E-state index contributed by atoms with van der Waals surface area (Å²) in [6.45, 7) is 4.00. The number of nitrogens with zero attached hydrogens (tertiary/aromatic N) is 3. The summed E-state index contributed by atoms with van der Waals surface area (Å²) in [5.41, 5.74) is 2.78. The van der Waals surface area contributed by atoms with Crippen LogP contribution in [0.2, 0.25) is 0 Å². The number of hydrogen-bond acceptors (Lipinski definition) is 3. The Labute approximate surface area is 143 Å². The van der Waals surface area contributed by atoms with Gasteiger partial charge in [0.05, 0.1) is 17.4 Å². The quantitative estimate of drug-likeness (QED) is 0.919. The lowest BCUT2D eigenvalue weighted by molar-refractivity contribution is 0.0950. The van der Waals surface area contributed by atoms with Crippen molar-refractivity contribution >= 4 is 16.9 Å². The van der Waals surface area contributed by atoms with Crippen LogP contribution in [0.5, 0.6) is 0 Å². The molecular formula is C19H26N4O. The second kappa shape index (κ2) is 6.93. The third-order valence-corrected chi connectivity index (χ3v) is 5.47. The Bertz CT molecular complexity index is 711. The molecule has 1 aliphatic carbocycles. The lowest BCUT2D eigenvalue weighted by Gasteiger charge is -2.15. The minimum atomic E-state index is 0.00603. The topological polar surface area (TPSA) is 50.2 Å². The maximum absolute atomic E-state index is 12.4. The number of carbonyl (C=O) groups excluding carboxylic acids is 1. The molecule has 4 rings (SSSR count). The van der Waals surface area contributed by atoms with Gasteiger partial charge in [-0.2, -0.15) is 0 Å². The molecule has 5 nitrogen and oxygen atoms in total. The van der Waals surface area contributed by atoms with E-state index in [1.54, 1.807) is 0 Å². The number of rotatable bonds is 5. The highest BCUT2D eigenvalue weighted by Crippen LogP contribution is 2.32. The second-order valence-electron chi connectivity index (χ2n) is 7.10. The molecule has 1 aliphatic heterocycles. The predicted octanol–water partition coefficient (Wildman–Crippen LogP) is 2.98. The molecular weight excluding hydrogens is 300 g/mol. The van der Waals surface area contributed by atoms with Crippen molar-refractivity contribution in [3.8, 4) is 0 Å². The van der Waals surface area contributed by atoms with Crippen LogP contribution in [0.1, 0.15) is 54.9 Å². The van der Waals surface area contributed by atoms with E-state index in [9.17, 15) is 4.79 Å². The molecule has 24 heavy (non-hydrogen) atoms. The molecule has 5 heteroatoms. The van der Waals surface area contributed by atoms with Gasteiger partial charge in [-0.3, -0.25) is 4.79 Å². The van der Waals surface area contributed by atoms with E-state index in [0.717, 1.165) is 17.6 Å². The molecule has 1 saturated heterocycles. The van der Waals surface area contributed by atoms with E-state index in [4.69, 9.17) is 0 Å². The van der Waals surface area contributed by atoms with E-state index in [2.05, 4.69) is 25.8 Å². The predicted molar refractivity (Wildman–Crippen MR) is 95.2 cm³/mol. The van der Waals surface area contributed by atoms with E-state index in [1.165, 1.54) is 51.6 Å². The van der Waals surface area contributed by atoms with E-state index < -0.39 is 0 Å². The Hall–Kier alpha value is -1.88. The average molecular weight is 326 g/mol. The van der Waals surface area contributed by atoms with Gasteiger partial charge in [0.1, 0.15) is 0 Å². The van der Waals surface area contributed by atoms with Gasteiger partial charge in [-0.1, -0.05) is 12.8 Å². The fourth-order valence-corrected chi connectivity index (χ4v) is 4.08. The molecule has 2 aromatic rings. The van der Waals surface area contributed by atoms with Crippen LogP contribution in [0.25, 0.3) is 11.0 Å². The number of carbonyl (C=O) groups is 1. The van der Waals surface area contributed by atoms with Crippen molar-refractivity contribution in [2.75, 3.05) is 26.2 Å². The molecule has 2 heterocycles. The maximum Gasteiger partial charge on any atom is 0.251 e. The fraction of sp³-hybridized carbons (Fsp3) is 0.579. The summed E-state index contributed by atoms with van der Waals surface area (Å²) < 4.78 is 2.29. The van der Waals surface area contributed by atoms with Gasteiger partial charge in [0.2, 0.25) is 0 Å². The van der Waals surface area contributed by atoms with Crippen LogP contribution in [0.3, 0.4) is 0 Å². The zero-order valence-electron chi connectivity index (χ0n) is 14.2. The number of amides is 1. The summed E-state index contributed by atoms with van der Waals surface area (Å²) in [6.07, 6.45) is 9.61. The highest BCUT2D eigenvalue weighted by Gasteiger charge is 2.19. The SMILES string of the molecule is O=C(NCCN1CCCC1)c1ccc2c(c1)ncn2C1CCCC1. The lowest BCUT2D eigenvalue weighted by atomic mass is 10.1. The van der Waals surface area contributed by atoms with Gasteiger partial charge in [-0.25, -0.2) is 4.98 Å². The summed E-state index contributed by atoms with van der Waals surface area (Å²) in [6, 6.07) is 6.48. The number of fused-ring (bicyclic) bond motifs is 1. The van der Waals surface area contributed by atoms with E-state index >= 15 is 0 Å². The molecule has 0 bridgehead atoms. The summed E-state index contributed by atoms with van der Waals surface area (Å²) in [4.78, 5) is 19.3. The minimum Gasteiger partial charge on any atom is -0.351 e. The van der Waals surface area contributed by atoms with E-state index in [-0.39, 0.29) is 5.91 Å². The number of likely N-dealkylation sites (tertiary alicyclic amines) is 1. The molecule has 128 valence electrons. The molecule has 2 aliphatic rings. The van der Waals surface area contributed by atoms with Crippen molar-refractivity contribution in [1.82, 2.24) is 19.8 Å². The third kappa shape index (κ3) is 3.18. The summed E-state index contributed by atoms with van der Waals surface area (Å²) in [7, 11) is 0. The zero-order valence-corrected chi connectivity index (χ0v) is 14.2. The van der Waals surface area contributed by atoms with Crippen LogP contribution in [0, 0.1) is 0 Å². The molecule has 0 spiro atoms. The lowest BCUT2D eigenvalue weighted by Crippen LogP contribution is -2.33. The largest absolute Gasteiger partial charge is 0.351 e. The molecule has 1 aromatic carbocycles. The van der Waals surface area contributed by atoms with Crippen LogP contribution in [-0.4, -0.2) is 46.5 Å². The Kier molecular flexibility index (Phi) is 4.52. The van der Waals surface area contributed by atoms with Gasteiger partial charge in [-0.05, 0) is 57.0 Å². The second-order valence-corrected chi connectivity index (χ2v) is 7.10. The highest BCUT2D eigenvalue weighted by atomic mass is 16.1. The highest BCUT2D eigenvalue weighted by molar-refractivity contribution is 5.97. The van der Waals surface area contributed by atoms with Gasteiger partial charge in [0.25, 0.3) is 5.91 Å². The monoisotopic (exact) mass is 326 g/mol. The number of hydrogen-bond donors (Lipinski definition) is 1. The standard InChI is InChI=1S/C19H26N4O/c24-19(20-9-12-22-10-3-4-11-22)15-7-8-18-17(13-15)21-14-23(18)16-5-1-2-6-16/h7-8,13-14,16H,1-6,9-12H2,(H,20,24). The van der Waals surface area contributed by atoms with Crippen molar-refractivity contribution in [1.29, 1.82) is 0 Å². The first-order valence-corrected chi connectivity index (χ1v) is 9.28. The Morgan fingerprint density at radius 3 is 2.75 bits per heavy atom. The Morgan fingerprint density at radius 2 is 1.96 bits per heavy atom. The number of benzene rings is 1. The zero-order chi connectivity index (χ0) is 16.4. The Morgan fingerprint density at radius 1 is 1.17 bits per heavy atom. The number of nitrogens with one attached hydrogen (secondary N) is 1. The normalized spacial score (nSPS) is 19.3. The fourth-order valence-electron chi connectivity index (χ4n) is 4.08. The van der Waals surface area contributed by atoms with E-state index in [1.807, 2.05) is 18.5 Å². The minimum absolute atomic E-state index is 0.00603. The summed E-state index contributed by atoms with van der Waals surface area (Å²) in [5.74, 6) is 0.00603. The first-order valence-electron chi connectivity index (χ1n) is 9.28. The van der Waals surface area contributed by atoms with Crippen molar-refractivity contribution in [3.05, 3.63) is 30.1 Å². The molecule has 0 radical (unpaired) electrons. The van der Waals surface area contributed by atoms with Gasteiger partial charge < -0.3 is 14.8 Å². The van der Waals surface area contributed by atoms with Crippen molar-refractivity contribution in [2.45, 2.75) is 44.6 Å². The van der Waals surface area contributed by atoms with Crippen molar-refractivity contribution in [3.63, 3.8) is 0 Å². The molecule has 1 amide bonds. The Balaban J connectivity index is 1.41. The van der Waals surface area contributed by atoms with Gasteiger partial charge in [-0.15, -0.1) is 0 Å². The van der Waals surface area contributed by atoms with Crippen LogP contribution in [0.4, 0.5) is 0 Å².